The zero-order valence-electron chi connectivity index (χ0n) is 13.2. The number of likely N-dealkylation sites (N-methyl/N-ethyl adjacent to an activating group) is 1. The lowest BCUT2D eigenvalue weighted by atomic mass is 10.2. The van der Waals surface area contributed by atoms with Crippen LogP contribution >= 0.6 is 11.6 Å². The minimum absolute atomic E-state index is 0.111. The fourth-order valence-electron chi connectivity index (χ4n) is 2.40. The second-order valence-electron chi connectivity index (χ2n) is 5.82. The predicted molar refractivity (Wildman–Crippen MR) is 89.6 cm³/mol. The van der Waals surface area contributed by atoms with Gasteiger partial charge in [-0.25, -0.2) is 4.79 Å². The average molecular weight is 326 g/mol. The Morgan fingerprint density at radius 3 is 2.86 bits per heavy atom. The molecule has 1 atom stereocenters. The van der Waals surface area contributed by atoms with Gasteiger partial charge in [-0.15, -0.1) is 0 Å². The van der Waals surface area contributed by atoms with E-state index in [4.69, 9.17) is 16.3 Å². The number of hydrogen-bond acceptors (Lipinski definition) is 3. The summed E-state index contributed by atoms with van der Waals surface area (Å²) in [7, 11) is 4.00. The molecule has 0 unspecified atom stereocenters. The molecule has 1 heterocycles. The lowest BCUT2D eigenvalue weighted by Crippen LogP contribution is -2.43. The number of urea groups is 1. The minimum atomic E-state index is -0.111. The van der Waals surface area contributed by atoms with Gasteiger partial charge in [0, 0.05) is 37.0 Å². The highest BCUT2D eigenvalue weighted by Gasteiger charge is 2.22. The van der Waals surface area contributed by atoms with Crippen LogP contribution in [0.5, 0.6) is 0 Å². The first-order chi connectivity index (χ1) is 10.5. The summed E-state index contributed by atoms with van der Waals surface area (Å²) in [6.07, 6.45) is 2.23. The smallest absolute Gasteiger partial charge is 0.321 e. The SMILES string of the molecule is CN(C)CCN(C[C@H]1CCCO1)C(=O)Nc1cccc(Cl)c1. The van der Waals surface area contributed by atoms with Gasteiger partial charge in [-0.05, 0) is 45.1 Å². The number of anilines is 1. The third-order valence-electron chi connectivity index (χ3n) is 3.63. The summed E-state index contributed by atoms with van der Waals surface area (Å²) >= 11 is 5.96. The van der Waals surface area contributed by atoms with Crippen LogP contribution < -0.4 is 5.32 Å². The number of benzene rings is 1. The number of nitrogens with zero attached hydrogens (tertiary/aromatic N) is 2. The van der Waals surface area contributed by atoms with Gasteiger partial charge in [0.2, 0.25) is 0 Å². The molecule has 0 aromatic heterocycles. The van der Waals surface area contributed by atoms with Crippen molar-refractivity contribution < 1.29 is 9.53 Å². The van der Waals surface area contributed by atoms with Crippen LogP contribution in [0.4, 0.5) is 10.5 Å². The summed E-state index contributed by atoms with van der Waals surface area (Å²) in [6, 6.07) is 7.07. The van der Waals surface area contributed by atoms with Crippen LogP contribution in [0.2, 0.25) is 5.02 Å². The third kappa shape index (κ3) is 5.48. The molecule has 1 aliphatic heterocycles. The van der Waals surface area contributed by atoms with E-state index in [1.807, 2.05) is 31.1 Å². The van der Waals surface area contributed by atoms with E-state index in [-0.39, 0.29) is 12.1 Å². The molecule has 22 heavy (non-hydrogen) atoms. The van der Waals surface area contributed by atoms with Crippen molar-refractivity contribution in [3.05, 3.63) is 29.3 Å². The Labute approximate surface area is 137 Å². The van der Waals surface area contributed by atoms with E-state index in [1.54, 1.807) is 12.1 Å². The highest BCUT2D eigenvalue weighted by molar-refractivity contribution is 6.30. The molecule has 0 radical (unpaired) electrons. The first-order valence-electron chi connectivity index (χ1n) is 7.62. The fourth-order valence-corrected chi connectivity index (χ4v) is 2.59. The average Bonchev–Trinajstić information content (AvgIpc) is 2.96. The molecule has 6 heteroatoms. The Balaban J connectivity index is 1.97. The molecule has 1 aliphatic rings. The molecule has 122 valence electrons. The standard InChI is InChI=1S/C16H24ClN3O2/c1-19(2)8-9-20(12-15-7-4-10-22-15)16(21)18-14-6-3-5-13(17)11-14/h3,5-6,11,15H,4,7-10,12H2,1-2H3,(H,18,21)/t15-/m1/s1. The number of nitrogens with one attached hydrogen (secondary N) is 1. The molecule has 2 amide bonds. The highest BCUT2D eigenvalue weighted by atomic mass is 35.5. The maximum absolute atomic E-state index is 12.5. The summed E-state index contributed by atoms with van der Waals surface area (Å²) in [5.41, 5.74) is 0.708. The number of halogens is 1. The van der Waals surface area contributed by atoms with Crippen molar-refractivity contribution in [2.75, 3.05) is 45.7 Å². The molecule has 1 fully saturated rings. The quantitative estimate of drug-likeness (QED) is 0.874. The number of amides is 2. The second kappa shape index (κ2) is 8.36. The zero-order chi connectivity index (χ0) is 15.9. The Kier molecular flexibility index (Phi) is 6.49. The molecule has 0 spiro atoms. The number of rotatable bonds is 6. The monoisotopic (exact) mass is 325 g/mol. The predicted octanol–water partition coefficient (Wildman–Crippen LogP) is 2.91. The first kappa shape index (κ1) is 17.1. The van der Waals surface area contributed by atoms with E-state index in [2.05, 4.69) is 10.2 Å². The Hall–Kier alpha value is -1.30. The van der Waals surface area contributed by atoms with Gasteiger partial charge in [0.1, 0.15) is 0 Å². The molecule has 5 nitrogen and oxygen atoms in total. The summed E-state index contributed by atoms with van der Waals surface area (Å²) in [5.74, 6) is 0. The summed E-state index contributed by atoms with van der Waals surface area (Å²) < 4.78 is 5.65. The minimum Gasteiger partial charge on any atom is -0.376 e. The topological polar surface area (TPSA) is 44.8 Å². The summed E-state index contributed by atoms with van der Waals surface area (Å²) in [4.78, 5) is 16.4. The van der Waals surface area contributed by atoms with Crippen LogP contribution in [0.1, 0.15) is 12.8 Å². The summed E-state index contributed by atoms with van der Waals surface area (Å²) in [6.45, 7) is 2.90. The van der Waals surface area contributed by atoms with E-state index < -0.39 is 0 Å². The summed E-state index contributed by atoms with van der Waals surface area (Å²) in [5, 5.41) is 3.52. The normalized spacial score (nSPS) is 17.7. The van der Waals surface area contributed by atoms with Gasteiger partial charge in [-0.1, -0.05) is 17.7 Å². The van der Waals surface area contributed by atoms with Gasteiger partial charge in [-0.3, -0.25) is 0 Å². The van der Waals surface area contributed by atoms with Crippen molar-refractivity contribution in [2.24, 2.45) is 0 Å². The maximum atomic E-state index is 12.5. The molecular formula is C16H24ClN3O2. The molecular weight excluding hydrogens is 302 g/mol. The molecule has 1 aromatic rings. The number of carbonyl (C=O) groups excluding carboxylic acids is 1. The van der Waals surface area contributed by atoms with Gasteiger partial charge < -0.3 is 19.9 Å². The second-order valence-corrected chi connectivity index (χ2v) is 6.26. The Bertz CT molecular complexity index is 490. The molecule has 0 bridgehead atoms. The van der Waals surface area contributed by atoms with E-state index >= 15 is 0 Å². The number of ether oxygens (including phenoxy) is 1. The van der Waals surface area contributed by atoms with Crippen molar-refractivity contribution in [3.63, 3.8) is 0 Å². The van der Waals surface area contributed by atoms with Gasteiger partial charge >= 0.3 is 6.03 Å². The fraction of sp³-hybridized carbons (Fsp3) is 0.562. The van der Waals surface area contributed by atoms with Crippen LogP contribution in [0.15, 0.2) is 24.3 Å². The van der Waals surface area contributed by atoms with E-state index in [0.29, 0.717) is 23.8 Å². The molecule has 0 saturated carbocycles. The van der Waals surface area contributed by atoms with Gasteiger partial charge in [0.25, 0.3) is 0 Å². The van der Waals surface area contributed by atoms with Crippen molar-refractivity contribution in [1.29, 1.82) is 0 Å². The zero-order valence-corrected chi connectivity index (χ0v) is 14.0. The number of carbonyl (C=O) groups is 1. The molecule has 1 saturated heterocycles. The third-order valence-corrected chi connectivity index (χ3v) is 3.86. The van der Waals surface area contributed by atoms with Gasteiger partial charge in [0.15, 0.2) is 0 Å². The van der Waals surface area contributed by atoms with Crippen molar-refractivity contribution in [2.45, 2.75) is 18.9 Å². The van der Waals surface area contributed by atoms with E-state index in [0.717, 1.165) is 26.0 Å². The van der Waals surface area contributed by atoms with Crippen molar-refractivity contribution >= 4 is 23.3 Å². The van der Waals surface area contributed by atoms with Crippen LogP contribution in [0.3, 0.4) is 0 Å². The maximum Gasteiger partial charge on any atom is 0.321 e. The van der Waals surface area contributed by atoms with E-state index in [1.165, 1.54) is 0 Å². The van der Waals surface area contributed by atoms with E-state index in [9.17, 15) is 4.79 Å². The molecule has 1 aromatic carbocycles. The van der Waals surface area contributed by atoms with Gasteiger partial charge in [0.05, 0.1) is 6.10 Å². The van der Waals surface area contributed by atoms with Crippen LogP contribution in [0.25, 0.3) is 0 Å². The largest absolute Gasteiger partial charge is 0.376 e. The Morgan fingerprint density at radius 1 is 1.41 bits per heavy atom. The number of hydrogen-bond donors (Lipinski definition) is 1. The lowest BCUT2D eigenvalue weighted by molar-refractivity contribution is 0.0820. The first-order valence-corrected chi connectivity index (χ1v) is 8.00. The molecule has 2 rings (SSSR count). The van der Waals surface area contributed by atoms with Crippen LogP contribution in [-0.4, -0.2) is 62.3 Å². The highest BCUT2D eigenvalue weighted by Crippen LogP contribution is 2.17. The van der Waals surface area contributed by atoms with Crippen LogP contribution in [0, 0.1) is 0 Å². The lowest BCUT2D eigenvalue weighted by Gasteiger charge is -2.27. The van der Waals surface area contributed by atoms with Gasteiger partial charge in [-0.2, -0.15) is 0 Å². The van der Waals surface area contributed by atoms with Crippen molar-refractivity contribution in [1.82, 2.24) is 9.80 Å². The van der Waals surface area contributed by atoms with Crippen molar-refractivity contribution in [3.8, 4) is 0 Å². The molecule has 0 aliphatic carbocycles. The molecule has 1 N–H and O–H groups in total. The Morgan fingerprint density at radius 2 is 2.23 bits per heavy atom. The van der Waals surface area contributed by atoms with Crippen LogP contribution in [-0.2, 0) is 4.74 Å².